The molecule has 0 spiro atoms. The number of nitrogens with one attached hydrogen (secondary N) is 1. The first-order valence-corrected chi connectivity index (χ1v) is 8.40. The van der Waals surface area contributed by atoms with Crippen molar-refractivity contribution in [2.45, 2.75) is 23.8 Å². The van der Waals surface area contributed by atoms with Gasteiger partial charge in [0.1, 0.15) is 0 Å². The van der Waals surface area contributed by atoms with Gasteiger partial charge in [0.2, 0.25) is 0 Å². The topological polar surface area (TPSA) is 15.3 Å². The minimum Gasteiger partial charge on any atom is -0.317 e. The minimum absolute atomic E-state index is 0.700. The average molecular weight is 319 g/mol. The van der Waals surface area contributed by atoms with Crippen molar-refractivity contribution in [1.82, 2.24) is 10.2 Å². The van der Waals surface area contributed by atoms with Crippen LogP contribution in [0.25, 0.3) is 0 Å². The summed E-state index contributed by atoms with van der Waals surface area (Å²) in [6.45, 7) is 3.49. The van der Waals surface area contributed by atoms with Gasteiger partial charge in [-0.15, -0.1) is 11.8 Å². The molecule has 1 aromatic rings. The first-order valence-electron chi connectivity index (χ1n) is 6.66. The predicted molar refractivity (Wildman–Crippen MR) is 85.7 cm³/mol. The molecule has 0 radical (unpaired) electrons. The first-order chi connectivity index (χ1) is 9.19. The Kier molecular flexibility index (Phi) is 6.30. The van der Waals surface area contributed by atoms with Gasteiger partial charge in [0.15, 0.2) is 0 Å². The number of likely N-dealkylation sites (tertiary alicyclic amines) is 1. The molecule has 1 aromatic carbocycles. The van der Waals surface area contributed by atoms with Gasteiger partial charge in [0.05, 0.1) is 5.02 Å². The third-order valence-corrected chi connectivity index (χ3v) is 5.27. The van der Waals surface area contributed by atoms with E-state index < -0.39 is 0 Å². The Labute approximate surface area is 129 Å². The van der Waals surface area contributed by atoms with E-state index in [1.54, 1.807) is 11.8 Å². The summed E-state index contributed by atoms with van der Waals surface area (Å²) in [4.78, 5) is 3.61. The van der Waals surface area contributed by atoms with E-state index in [4.69, 9.17) is 23.2 Å². The van der Waals surface area contributed by atoms with Gasteiger partial charge in [0, 0.05) is 28.3 Å². The van der Waals surface area contributed by atoms with Crippen LogP contribution in [-0.2, 0) is 0 Å². The number of hydrogen-bond acceptors (Lipinski definition) is 3. The number of halogens is 2. The van der Waals surface area contributed by atoms with Crippen LogP contribution >= 0.6 is 35.0 Å². The molecule has 0 amide bonds. The zero-order valence-corrected chi connectivity index (χ0v) is 13.5. The molecule has 1 saturated heterocycles. The van der Waals surface area contributed by atoms with Crippen LogP contribution < -0.4 is 5.32 Å². The van der Waals surface area contributed by atoms with Gasteiger partial charge < -0.3 is 10.2 Å². The number of piperidine rings is 1. The molecule has 0 atom stereocenters. The van der Waals surface area contributed by atoms with E-state index >= 15 is 0 Å². The van der Waals surface area contributed by atoms with E-state index in [2.05, 4.69) is 17.3 Å². The van der Waals surface area contributed by atoms with E-state index in [9.17, 15) is 0 Å². The SMILES string of the molecule is CNC1CCN(CCSc2cc(Cl)ccc2Cl)CC1. The molecule has 0 aliphatic carbocycles. The number of hydrogen-bond donors (Lipinski definition) is 1. The van der Waals surface area contributed by atoms with E-state index in [1.807, 2.05) is 18.2 Å². The van der Waals surface area contributed by atoms with Crippen molar-refractivity contribution in [1.29, 1.82) is 0 Å². The zero-order valence-electron chi connectivity index (χ0n) is 11.2. The van der Waals surface area contributed by atoms with Crippen LogP contribution in [0, 0.1) is 0 Å². The van der Waals surface area contributed by atoms with E-state index in [1.165, 1.54) is 25.9 Å². The molecule has 19 heavy (non-hydrogen) atoms. The van der Waals surface area contributed by atoms with Gasteiger partial charge in [0.25, 0.3) is 0 Å². The summed E-state index contributed by atoms with van der Waals surface area (Å²) in [6, 6.07) is 6.34. The maximum atomic E-state index is 6.15. The molecule has 1 fully saturated rings. The largest absolute Gasteiger partial charge is 0.317 e. The molecule has 2 nitrogen and oxygen atoms in total. The molecule has 1 aliphatic heterocycles. The van der Waals surface area contributed by atoms with Crippen LogP contribution in [0.2, 0.25) is 10.0 Å². The maximum Gasteiger partial charge on any atom is 0.0542 e. The van der Waals surface area contributed by atoms with Gasteiger partial charge in [-0.05, 0) is 51.2 Å². The number of thioether (sulfide) groups is 1. The smallest absolute Gasteiger partial charge is 0.0542 e. The molecule has 0 bridgehead atoms. The lowest BCUT2D eigenvalue weighted by Crippen LogP contribution is -2.41. The second kappa shape index (κ2) is 7.75. The Morgan fingerprint density at radius 2 is 2.05 bits per heavy atom. The summed E-state index contributed by atoms with van der Waals surface area (Å²) in [7, 11) is 2.05. The summed E-state index contributed by atoms with van der Waals surface area (Å²) >= 11 is 13.9. The van der Waals surface area contributed by atoms with Crippen LogP contribution in [0.3, 0.4) is 0 Å². The fraction of sp³-hybridized carbons (Fsp3) is 0.571. The minimum atomic E-state index is 0.700. The number of nitrogens with zero attached hydrogens (tertiary/aromatic N) is 1. The van der Waals surface area contributed by atoms with Crippen LogP contribution in [0.1, 0.15) is 12.8 Å². The monoisotopic (exact) mass is 318 g/mol. The molecule has 2 rings (SSSR count). The second-order valence-electron chi connectivity index (χ2n) is 4.83. The molecule has 1 N–H and O–H groups in total. The van der Waals surface area contributed by atoms with Gasteiger partial charge in [-0.25, -0.2) is 0 Å². The van der Waals surface area contributed by atoms with Crippen LogP contribution in [0.5, 0.6) is 0 Å². The molecular formula is C14H20Cl2N2S. The Balaban J connectivity index is 1.73. The zero-order chi connectivity index (χ0) is 13.7. The van der Waals surface area contributed by atoms with Crippen molar-refractivity contribution < 1.29 is 0 Å². The highest BCUT2D eigenvalue weighted by molar-refractivity contribution is 7.99. The van der Waals surface area contributed by atoms with Crippen molar-refractivity contribution in [3.8, 4) is 0 Å². The van der Waals surface area contributed by atoms with Crippen molar-refractivity contribution in [3.63, 3.8) is 0 Å². The maximum absolute atomic E-state index is 6.15. The van der Waals surface area contributed by atoms with Gasteiger partial charge >= 0.3 is 0 Å². The molecule has 1 aliphatic rings. The number of rotatable bonds is 5. The summed E-state index contributed by atoms with van der Waals surface area (Å²) in [5, 5.41) is 4.90. The highest BCUT2D eigenvalue weighted by Crippen LogP contribution is 2.29. The molecule has 1 heterocycles. The fourth-order valence-electron chi connectivity index (χ4n) is 2.32. The summed E-state index contributed by atoms with van der Waals surface area (Å²) in [5.41, 5.74) is 0. The van der Waals surface area contributed by atoms with Crippen LogP contribution in [-0.4, -0.2) is 43.4 Å². The number of benzene rings is 1. The Morgan fingerprint density at radius 1 is 1.32 bits per heavy atom. The summed E-state index contributed by atoms with van der Waals surface area (Å²) in [6.07, 6.45) is 2.50. The summed E-state index contributed by atoms with van der Waals surface area (Å²) in [5.74, 6) is 1.06. The van der Waals surface area contributed by atoms with Crippen LogP contribution in [0.15, 0.2) is 23.1 Å². The summed E-state index contributed by atoms with van der Waals surface area (Å²) < 4.78 is 0. The molecular weight excluding hydrogens is 299 g/mol. The van der Waals surface area contributed by atoms with Crippen molar-refractivity contribution in [2.75, 3.05) is 32.4 Å². The van der Waals surface area contributed by atoms with E-state index in [0.29, 0.717) is 6.04 Å². The predicted octanol–water partition coefficient (Wildman–Crippen LogP) is 3.77. The highest BCUT2D eigenvalue weighted by atomic mass is 35.5. The quantitative estimate of drug-likeness (QED) is 0.832. The third kappa shape index (κ3) is 4.83. The Bertz CT molecular complexity index is 406. The lowest BCUT2D eigenvalue weighted by atomic mass is 10.1. The van der Waals surface area contributed by atoms with Crippen LogP contribution in [0.4, 0.5) is 0 Å². The van der Waals surface area contributed by atoms with Crippen molar-refractivity contribution in [2.24, 2.45) is 0 Å². The van der Waals surface area contributed by atoms with Gasteiger partial charge in [-0.3, -0.25) is 0 Å². The van der Waals surface area contributed by atoms with E-state index in [0.717, 1.165) is 27.2 Å². The molecule has 0 unspecified atom stereocenters. The molecule has 0 aromatic heterocycles. The highest BCUT2D eigenvalue weighted by Gasteiger charge is 2.17. The van der Waals surface area contributed by atoms with Gasteiger partial charge in [-0.1, -0.05) is 23.2 Å². The van der Waals surface area contributed by atoms with E-state index in [-0.39, 0.29) is 0 Å². The first kappa shape index (κ1) is 15.5. The molecule has 106 valence electrons. The van der Waals surface area contributed by atoms with Crippen molar-refractivity contribution in [3.05, 3.63) is 28.2 Å². The molecule has 5 heteroatoms. The average Bonchev–Trinajstić information content (AvgIpc) is 2.43. The third-order valence-electron chi connectivity index (χ3n) is 3.55. The standard InChI is InChI=1S/C14H20Cl2N2S/c1-17-12-4-6-18(7-5-12)8-9-19-14-10-11(15)2-3-13(14)16/h2-3,10,12,17H,4-9H2,1H3. The lowest BCUT2D eigenvalue weighted by molar-refractivity contribution is 0.212. The van der Waals surface area contributed by atoms with Crippen molar-refractivity contribution >= 4 is 35.0 Å². The normalized spacial score (nSPS) is 17.8. The Hall–Kier alpha value is 0.0700. The second-order valence-corrected chi connectivity index (χ2v) is 6.81. The lowest BCUT2D eigenvalue weighted by Gasteiger charge is -2.31. The Morgan fingerprint density at radius 3 is 2.74 bits per heavy atom. The van der Waals surface area contributed by atoms with Gasteiger partial charge in [-0.2, -0.15) is 0 Å². The molecule has 0 saturated carbocycles. The fourth-order valence-corrected chi connectivity index (χ4v) is 3.82.